The first kappa shape index (κ1) is 10.7. The lowest BCUT2D eigenvalue weighted by Crippen LogP contribution is -2.30. The molecule has 4 nitrogen and oxygen atoms in total. The number of hydrogen-bond acceptors (Lipinski definition) is 2. The summed E-state index contributed by atoms with van der Waals surface area (Å²) < 4.78 is 0. The van der Waals surface area contributed by atoms with Gasteiger partial charge in [0.15, 0.2) is 0 Å². The number of benzene rings is 1. The second-order valence-electron chi connectivity index (χ2n) is 3.68. The minimum Gasteiger partial charge on any atom is -0.361 e. The van der Waals surface area contributed by atoms with E-state index in [-0.39, 0.29) is 5.91 Å². The Balaban J connectivity index is 1.96. The molecule has 0 spiro atoms. The molecule has 1 aromatic heterocycles. The Morgan fingerprint density at radius 1 is 1.38 bits per heavy atom. The summed E-state index contributed by atoms with van der Waals surface area (Å²) in [6, 6.07) is 8.26. The number of carbonyl (C=O) groups excluding carboxylic acids is 1. The number of nitrogens with one attached hydrogen (secondary N) is 3. The van der Waals surface area contributed by atoms with Gasteiger partial charge in [0.2, 0.25) is 5.91 Å². The molecule has 0 unspecified atom stereocenters. The lowest BCUT2D eigenvalue weighted by molar-refractivity contribution is -0.119. The van der Waals surface area contributed by atoms with Crippen LogP contribution in [0.1, 0.15) is 5.56 Å². The molecule has 0 atom stereocenters. The van der Waals surface area contributed by atoms with Crippen LogP contribution in [0.5, 0.6) is 0 Å². The Hall–Kier alpha value is -1.81. The number of rotatable bonds is 4. The first-order valence-electron chi connectivity index (χ1n) is 5.27. The molecular weight excluding hydrogens is 202 g/mol. The fourth-order valence-corrected chi connectivity index (χ4v) is 1.61. The number of amides is 1. The van der Waals surface area contributed by atoms with E-state index >= 15 is 0 Å². The standard InChI is InChI=1S/C12H15N3O/c1-13-12(16)8-14-7-9-2-3-10-4-5-15-11(10)6-9/h2-6,14-15H,7-8H2,1H3,(H,13,16). The number of aromatic amines is 1. The maximum atomic E-state index is 11.0. The molecule has 0 aliphatic carbocycles. The third-order valence-electron chi connectivity index (χ3n) is 2.51. The van der Waals surface area contributed by atoms with Gasteiger partial charge in [-0.05, 0) is 23.1 Å². The van der Waals surface area contributed by atoms with Gasteiger partial charge in [-0.25, -0.2) is 0 Å². The summed E-state index contributed by atoms with van der Waals surface area (Å²) >= 11 is 0. The molecule has 1 aromatic carbocycles. The van der Waals surface area contributed by atoms with E-state index in [0.29, 0.717) is 13.1 Å². The van der Waals surface area contributed by atoms with E-state index in [9.17, 15) is 4.79 Å². The fraction of sp³-hybridized carbons (Fsp3) is 0.250. The molecule has 3 N–H and O–H groups in total. The van der Waals surface area contributed by atoms with Gasteiger partial charge >= 0.3 is 0 Å². The third kappa shape index (κ3) is 2.41. The first-order valence-corrected chi connectivity index (χ1v) is 5.27. The van der Waals surface area contributed by atoms with Crippen molar-refractivity contribution >= 4 is 16.8 Å². The molecule has 4 heteroatoms. The third-order valence-corrected chi connectivity index (χ3v) is 2.51. The zero-order chi connectivity index (χ0) is 11.4. The van der Waals surface area contributed by atoms with E-state index in [2.05, 4.69) is 33.8 Å². The predicted octanol–water partition coefficient (Wildman–Crippen LogP) is 1.00. The molecule has 16 heavy (non-hydrogen) atoms. The molecule has 0 fully saturated rings. The quantitative estimate of drug-likeness (QED) is 0.715. The van der Waals surface area contributed by atoms with Gasteiger partial charge in [0.1, 0.15) is 0 Å². The normalized spacial score (nSPS) is 10.6. The minimum atomic E-state index is 0.000881. The van der Waals surface area contributed by atoms with Crippen LogP contribution in [-0.2, 0) is 11.3 Å². The smallest absolute Gasteiger partial charge is 0.233 e. The Kier molecular flexibility index (Phi) is 3.22. The van der Waals surface area contributed by atoms with Crippen molar-refractivity contribution < 1.29 is 4.79 Å². The van der Waals surface area contributed by atoms with Crippen LogP contribution in [0, 0.1) is 0 Å². The number of hydrogen-bond donors (Lipinski definition) is 3. The van der Waals surface area contributed by atoms with E-state index in [1.165, 1.54) is 10.9 Å². The van der Waals surface area contributed by atoms with Crippen LogP contribution in [0.15, 0.2) is 30.5 Å². The number of carbonyl (C=O) groups is 1. The van der Waals surface area contributed by atoms with Crippen LogP contribution in [0.25, 0.3) is 10.9 Å². The van der Waals surface area contributed by atoms with Crippen molar-refractivity contribution in [2.75, 3.05) is 13.6 Å². The Bertz CT molecular complexity index is 490. The summed E-state index contributed by atoms with van der Waals surface area (Å²) in [5.41, 5.74) is 2.29. The summed E-state index contributed by atoms with van der Waals surface area (Å²) in [6.07, 6.45) is 1.92. The van der Waals surface area contributed by atoms with E-state index < -0.39 is 0 Å². The number of aromatic nitrogens is 1. The summed E-state index contributed by atoms with van der Waals surface area (Å²) in [7, 11) is 1.63. The molecule has 0 bridgehead atoms. The molecule has 84 valence electrons. The Morgan fingerprint density at radius 2 is 2.25 bits per heavy atom. The van der Waals surface area contributed by atoms with E-state index in [0.717, 1.165) is 5.52 Å². The molecule has 0 saturated heterocycles. The first-order chi connectivity index (χ1) is 7.79. The van der Waals surface area contributed by atoms with Crippen molar-refractivity contribution in [3.05, 3.63) is 36.0 Å². The van der Waals surface area contributed by atoms with Crippen LogP contribution in [-0.4, -0.2) is 24.5 Å². The molecule has 1 amide bonds. The number of H-pyrrole nitrogens is 1. The molecule has 0 saturated carbocycles. The van der Waals surface area contributed by atoms with Gasteiger partial charge in [0.05, 0.1) is 6.54 Å². The molecule has 2 rings (SSSR count). The highest BCUT2D eigenvalue weighted by atomic mass is 16.1. The van der Waals surface area contributed by atoms with E-state index in [1.807, 2.05) is 12.3 Å². The Labute approximate surface area is 94.0 Å². The molecule has 2 aromatic rings. The monoisotopic (exact) mass is 217 g/mol. The van der Waals surface area contributed by atoms with Gasteiger partial charge in [-0.3, -0.25) is 4.79 Å². The average molecular weight is 217 g/mol. The largest absolute Gasteiger partial charge is 0.361 e. The van der Waals surface area contributed by atoms with Gasteiger partial charge in [0, 0.05) is 25.3 Å². The van der Waals surface area contributed by atoms with E-state index in [1.54, 1.807) is 7.05 Å². The summed E-state index contributed by atoms with van der Waals surface area (Å²) in [6.45, 7) is 1.04. The topological polar surface area (TPSA) is 56.9 Å². The minimum absolute atomic E-state index is 0.000881. The van der Waals surface area contributed by atoms with Crippen molar-refractivity contribution in [3.63, 3.8) is 0 Å². The maximum Gasteiger partial charge on any atom is 0.233 e. The number of fused-ring (bicyclic) bond motifs is 1. The average Bonchev–Trinajstić information content (AvgIpc) is 2.76. The highest BCUT2D eigenvalue weighted by Crippen LogP contribution is 2.13. The second-order valence-corrected chi connectivity index (χ2v) is 3.68. The van der Waals surface area contributed by atoms with Gasteiger partial charge in [-0.1, -0.05) is 12.1 Å². The number of likely N-dealkylation sites (N-methyl/N-ethyl adjacent to an activating group) is 1. The van der Waals surface area contributed by atoms with Gasteiger partial charge in [-0.15, -0.1) is 0 Å². The molecule has 0 aliphatic heterocycles. The van der Waals surface area contributed by atoms with Crippen LogP contribution in [0.3, 0.4) is 0 Å². The van der Waals surface area contributed by atoms with Gasteiger partial charge in [0.25, 0.3) is 0 Å². The zero-order valence-electron chi connectivity index (χ0n) is 9.21. The van der Waals surface area contributed by atoms with Crippen molar-refractivity contribution in [1.29, 1.82) is 0 Å². The molecule has 1 heterocycles. The zero-order valence-corrected chi connectivity index (χ0v) is 9.21. The van der Waals surface area contributed by atoms with E-state index in [4.69, 9.17) is 0 Å². The Morgan fingerprint density at radius 3 is 3.06 bits per heavy atom. The van der Waals surface area contributed by atoms with Crippen molar-refractivity contribution in [1.82, 2.24) is 15.6 Å². The van der Waals surface area contributed by atoms with Crippen LogP contribution in [0.2, 0.25) is 0 Å². The molecule has 0 radical (unpaired) electrons. The summed E-state index contributed by atoms with van der Waals surface area (Å²) in [4.78, 5) is 14.2. The van der Waals surface area contributed by atoms with Crippen molar-refractivity contribution in [2.24, 2.45) is 0 Å². The lowest BCUT2D eigenvalue weighted by atomic mass is 10.1. The van der Waals surface area contributed by atoms with Crippen molar-refractivity contribution in [3.8, 4) is 0 Å². The van der Waals surface area contributed by atoms with Crippen LogP contribution in [0.4, 0.5) is 0 Å². The SMILES string of the molecule is CNC(=O)CNCc1ccc2cc[nH]c2c1. The van der Waals surface area contributed by atoms with Gasteiger partial charge in [-0.2, -0.15) is 0 Å². The van der Waals surface area contributed by atoms with Gasteiger partial charge < -0.3 is 15.6 Å². The molecule has 0 aliphatic rings. The van der Waals surface area contributed by atoms with Crippen molar-refractivity contribution in [2.45, 2.75) is 6.54 Å². The highest BCUT2D eigenvalue weighted by Gasteiger charge is 1.99. The summed E-state index contributed by atoms with van der Waals surface area (Å²) in [5, 5.41) is 6.86. The fourth-order valence-electron chi connectivity index (χ4n) is 1.61. The predicted molar refractivity (Wildman–Crippen MR) is 64.1 cm³/mol. The second kappa shape index (κ2) is 4.81. The maximum absolute atomic E-state index is 11.0. The summed E-state index contributed by atoms with van der Waals surface area (Å²) in [5.74, 6) is 0.000881. The highest BCUT2D eigenvalue weighted by molar-refractivity contribution is 5.80. The lowest BCUT2D eigenvalue weighted by Gasteiger charge is -2.04. The molecular formula is C12H15N3O. The van der Waals surface area contributed by atoms with Crippen LogP contribution >= 0.6 is 0 Å². The van der Waals surface area contributed by atoms with Crippen LogP contribution < -0.4 is 10.6 Å².